The van der Waals surface area contributed by atoms with Crippen LogP contribution >= 0.6 is 0 Å². The maximum atomic E-state index is 13.0. The van der Waals surface area contributed by atoms with Crippen molar-refractivity contribution >= 4 is 23.7 Å². The van der Waals surface area contributed by atoms with Gasteiger partial charge in [-0.05, 0) is 55.5 Å². The molecule has 0 saturated heterocycles. The lowest BCUT2D eigenvalue weighted by Gasteiger charge is -2.24. The van der Waals surface area contributed by atoms with E-state index < -0.39 is 54.5 Å². The number of amides is 3. The first-order valence-electron chi connectivity index (χ1n) is 12.7. The standard InChI is InChI=1S/C27H37N5O7/c28-13-5-4-8-21(25(36)31-22(27(38)39)15-18-9-11-19(34)12-10-18)30-26(37)23(16-33)32-24(35)20(29)14-17-6-2-1-3-7-17/h1-3,6-7,9-12,20-23,33-34H,4-5,8,13-16,28-29H2,(H,30,37)(H,31,36)(H,32,35)(H,38,39). The molecule has 0 bridgehead atoms. The van der Waals surface area contributed by atoms with E-state index in [1.54, 1.807) is 24.3 Å². The molecule has 39 heavy (non-hydrogen) atoms. The first-order valence-corrected chi connectivity index (χ1v) is 12.7. The van der Waals surface area contributed by atoms with E-state index in [1.165, 1.54) is 24.3 Å². The highest BCUT2D eigenvalue weighted by Crippen LogP contribution is 2.12. The van der Waals surface area contributed by atoms with E-state index in [0.29, 0.717) is 24.9 Å². The number of aromatic hydroxyl groups is 1. The molecular weight excluding hydrogens is 506 g/mol. The Morgan fingerprint density at radius 2 is 1.31 bits per heavy atom. The van der Waals surface area contributed by atoms with E-state index >= 15 is 0 Å². The molecule has 2 aromatic carbocycles. The number of carboxylic acid groups (broad SMARTS) is 1. The average molecular weight is 544 g/mol. The smallest absolute Gasteiger partial charge is 0.326 e. The van der Waals surface area contributed by atoms with Gasteiger partial charge in [0.05, 0.1) is 12.6 Å². The van der Waals surface area contributed by atoms with Crippen molar-refractivity contribution in [3.05, 3.63) is 65.7 Å². The number of hydrogen-bond acceptors (Lipinski definition) is 8. The number of aliphatic hydroxyl groups is 1. The van der Waals surface area contributed by atoms with Gasteiger partial charge in [0.15, 0.2) is 0 Å². The summed E-state index contributed by atoms with van der Waals surface area (Å²) in [7, 11) is 0. The Morgan fingerprint density at radius 1 is 0.744 bits per heavy atom. The zero-order chi connectivity index (χ0) is 28.8. The molecule has 3 amide bonds. The van der Waals surface area contributed by atoms with E-state index in [9.17, 15) is 34.5 Å². The third-order valence-electron chi connectivity index (χ3n) is 6.02. The summed E-state index contributed by atoms with van der Waals surface area (Å²) >= 11 is 0. The Labute approximate surface area is 226 Å². The molecule has 0 aliphatic heterocycles. The van der Waals surface area contributed by atoms with Gasteiger partial charge in [0, 0.05) is 6.42 Å². The van der Waals surface area contributed by atoms with Crippen LogP contribution < -0.4 is 27.4 Å². The predicted molar refractivity (Wildman–Crippen MR) is 143 cm³/mol. The number of aliphatic hydroxyl groups excluding tert-OH is 1. The van der Waals surface area contributed by atoms with Crippen LogP contribution in [-0.2, 0) is 32.0 Å². The van der Waals surface area contributed by atoms with Crippen LogP contribution in [0.3, 0.4) is 0 Å². The van der Waals surface area contributed by atoms with Crippen molar-refractivity contribution in [2.24, 2.45) is 11.5 Å². The maximum Gasteiger partial charge on any atom is 0.326 e. The van der Waals surface area contributed by atoms with Crippen molar-refractivity contribution in [2.75, 3.05) is 13.2 Å². The van der Waals surface area contributed by atoms with Crippen LogP contribution in [0.25, 0.3) is 0 Å². The Bertz CT molecular complexity index is 1080. The summed E-state index contributed by atoms with van der Waals surface area (Å²) in [5.41, 5.74) is 12.9. The molecule has 0 aliphatic rings. The summed E-state index contributed by atoms with van der Waals surface area (Å²) in [6.45, 7) is -0.388. The first-order chi connectivity index (χ1) is 18.6. The molecule has 2 aromatic rings. The fourth-order valence-corrected chi connectivity index (χ4v) is 3.81. The van der Waals surface area contributed by atoms with Gasteiger partial charge in [-0.15, -0.1) is 0 Å². The summed E-state index contributed by atoms with van der Waals surface area (Å²) in [5.74, 6) is -3.48. The van der Waals surface area contributed by atoms with E-state index in [1.807, 2.05) is 6.07 Å². The monoisotopic (exact) mass is 543 g/mol. The number of rotatable bonds is 16. The molecule has 0 aliphatic carbocycles. The van der Waals surface area contributed by atoms with Crippen molar-refractivity contribution in [1.29, 1.82) is 0 Å². The molecule has 0 radical (unpaired) electrons. The SMILES string of the molecule is NCCCCC(NC(=O)C(CO)NC(=O)C(N)Cc1ccccc1)C(=O)NC(Cc1ccc(O)cc1)C(=O)O. The molecule has 212 valence electrons. The van der Waals surface area contributed by atoms with Crippen LogP contribution in [0.2, 0.25) is 0 Å². The maximum absolute atomic E-state index is 13.0. The lowest BCUT2D eigenvalue weighted by molar-refractivity contribution is -0.142. The zero-order valence-corrected chi connectivity index (χ0v) is 21.6. The van der Waals surface area contributed by atoms with E-state index in [0.717, 1.165) is 5.56 Å². The minimum absolute atomic E-state index is 0.0175. The van der Waals surface area contributed by atoms with Crippen LogP contribution in [0.1, 0.15) is 30.4 Å². The van der Waals surface area contributed by atoms with E-state index in [2.05, 4.69) is 16.0 Å². The second kappa shape index (κ2) is 16.1. The third-order valence-corrected chi connectivity index (χ3v) is 6.02. The van der Waals surface area contributed by atoms with Crippen LogP contribution in [0.4, 0.5) is 0 Å². The molecule has 0 fully saturated rings. The molecule has 2 rings (SSSR count). The summed E-state index contributed by atoms with van der Waals surface area (Å²) in [4.78, 5) is 50.3. The number of nitrogens with two attached hydrogens (primary N) is 2. The molecule has 10 N–H and O–H groups in total. The number of phenols is 1. The van der Waals surface area contributed by atoms with Gasteiger partial charge >= 0.3 is 5.97 Å². The number of unbranched alkanes of at least 4 members (excludes halogenated alkanes) is 1. The highest BCUT2D eigenvalue weighted by molar-refractivity contribution is 5.94. The number of benzene rings is 2. The van der Waals surface area contributed by atoms with Gasteiger partial charge in [0.2, 0.25) is 17.7 Å². The summed E-state index contributed by atoms with van der Waals surface area (Å²) < 4.78 is 0. The second-order valence-electron chi connectivity index (χ2n) is 9.16. The summed E-state index contributed by atoms with van der Waals surface area (Å²) in [5, 5.41) is 36.2. The van der Waals surface area contributed by atoms with Crippen molar-refractivity contribution in [3.63, 3.8) is 0 Å². The van der Waals surface area contributed by atoms with Crippen molar-refractivity contribution in [1.82, 2.24) is 16.0 Å². The van der Waals surface area contributed by atoms with Gasteiger partial charge in [-0.3, -0.25) is 14.4 Å². The summed E-state index contributed by atoms with van der Waals surface area (Å²) in [6.07, 6.45) is 1.33. The molecule has 12 nitrogen and oxygen atoms in total. The van der Waals surface area contributed by atoms with Gasteiger partial charge < -0.3 is 42.7 Å². The molecule has 12 heteroatoms. The Morgan fingerprint density at radius 3 is 1.90 bits per heavy atom. The quantitative estimate of drug-likeness (QED) is 0.124. The number of phenolic OH excluding ortho intramolecular Hbond substituents is 1. The number of carbonyl (C=O) groups is 4. The minimum atomic E-state index is -1.38. The van der Waals surface area contributed by atoms with E-state index in [4.69, 9.17) is 11.5 Å². The van der Waals surface area contributed by atoms with E-state index in [-0.39, 0.29) is 25.0 Å². The second-order valence-corrected chi connectivity index (χ2v) is 9.16. The number of hydrogen-bond donors (Lipinski definition) is 8. The van der Waals surface area contributed by atoms with Crippen LogP contribution in [-0.4, -0.2) is 76.3 Å². The lowest BCUT2D eigenvalue weighted by atomic mass is 10.0. The van der Waals surface area contributed by atoms with Gasteiger partial charge in [-0.2, -0.15) is 0 Å². The molecular formula is C27H37N5O7. The van der Waals surface area contributed by atoms with Crippen molar-refractivity contribution in [2.45, 2.75) is 56.3 Å². The normalized spacial score (nSPS) is 13.9. The van der Waals surface area contributed by atoms with Gasteiger partial charge in [0.25, 0.3) is 0 Å². The Kier molecular flexibility index (Phi) is 12.9. The van der Waals surface area contributed by atoms with Gasteiger partial charge in [0.1, 0.15) is 23.9 Å². The summed E-state index contributed by atoms with van der Waals surface area (Å²) in [6, 6.07) is 10.1. The third kappa shape index (κ3) is 10.7. The average Bonchev–Trinajstić information content (AvgIpc) is 2.92. The Hall–Kier alpha value is -4.00. The molecule has 0 heterocycles. The number of aliphatic carboxylic acids is 1. The van der Waals surface area contributed by atoms with Crippen LogP contribution in [0.15, 0.2) is 54.6 Å². The number of nitrogens with one attached hydrogen (secondary N) is 3. The van der Waals surface area contributed by atoms with Crippen molar-refractivity contribution < 1.29 is 34.5 Å². The number of carboxylic acids is 1. The number of carbonyl (C=O) groups excluding carboxylic acids is 3. The zero-order valence-electron chi connectivity index (χ0n) is 21.6. The highest BCUT2D eigenvalue weighted by atomic mass is 16.4. The van der Waals surface area contributed by atoms with Gasteiger partial charge in [-0.25, -0.2) is 4.79 Å². The van der Waals surface area contributed by atoms with Crippen molar-refractivity contribution in [3.8, 4) is 5.75 Å². The highest BCUT2D eigenvalue weighted by Gasteiger charge is 2.30. The molecule has 0 saturated carbocycles. The first kappa shape index (κ1) is 31.2. The topological polar surface area (TPSA) is 217 Å². The molecule has 4 unspecified atom stereocenters. The lowest BCUT2D eigenvalue weighted by Crippen LogP contribution is -2.58. The fraction of sp³-hybridized carbons (Fsp3) is 0.407. The fourth-order valence-electron chi connectivity index (χ4n) is 3.81. The van der Waals surface area contributed by atoms with Gasteiger partial charge in [-0.1, -0.05) is 42.5 Å². The minimum Gasteiger partial charge on any atom is -0.508 e. The molecule has 0 aromatic heterocycles. The Balaban J connectivity index is 2.05. The largest absolute Gasteiger partial charge is 0.508 e. The predicted octanol–water partition coefficient (Wildman–Crippen LogP) is -0.835. The van der Waals surface area contributed by atoms with Crippen LogP contribution in [0, 0.1) is 0 Å². The molecule has 4 atom stereocenters. The molecule has 0 spiro atoms. The van der Waals surface area contributed by atoms with Crippen LogP contribution in [0.5, 0.6) is 5.75 Å².